The number of aryl methyl sites for hydroxylation is 1. The van der Waals surface area contributed by atoms with Crippen LogP contribution in [0.4, 0.5) is 0 Å². The summed E-state index contributed by atoms with van der Waals surface area (Å²) in [4.78, 5) is 4.37. The molecule has 0 aliphatic carbocycles. The molecule has 4 heteroatoms. The molecule has 1 aliphatic rings. The zero-order chi connectivity index (χ0) is 14.2. The monoisotopic (exact) mass is 289 g/mol. The average molecular weight is 290 g/mol. The molecule has 20 heavy (non-hydrogen) atoms. The van der Waals surface area contributed by atoms with E-state index >= 15 is 0 Å². The second-order valence-electron chi connectivity index (χ2n) is 5.91. The summed E-state index contributed by atoms with van der Waals surface area (Å²) in [5.74, 6) is 0. The third kappa shape index (κ3) is 2.36. The second kappa shape index (κ2) is 5.23. The van der Waals surface area contributed by atoms with Gasteiger partial charge in [-0.25, -0.2) is 4.98 Å². The maximum atomic E-state index is 6.38. The Kier molecular flexibility index (Phi) is 3.57. The van der Waals surface area contributed by atoms with Gasteiger partial charge in [-0.15, -0.1) is 0 Å². The van der Waals surface area contributed by atoms with E-state index in [2.05, 4.69) is 34.8 Å². The topological polar surface area (TPSA) is 29.9 Å². The second-order valence-corrected chi connectivity index (χ2v) is 6.32. The van der Waals surface area contributed by atoms with Gasteiger partial charge in [0.15, 0.2) is 0 Å². The minimum Gasteiger partial charge on any atom is -0.317 e. The van der Waals surface area contributed by atoms with Gasteiger partial charge in [-0.1, -0.05) is 24.6 Å². The van der Waals surface area contributed by atoms with Crippen LogP contribution in [-0.2, 0) is 5.41 Å². The highest BCUT2D eigenvalue weighted by atomic mass is 35.5. The van der Waals surface area contributed by atoms with Crippen molar-refractivity contribution in [1.29, 1.82) is 0 Å². The zero-order valence-corrected chi connectivity index (χ0v) is 12.7. The highest BCUT2D eigenvalue weighted by molar-refractivity contribution is 6.32. The fourth-order valence-electron chi connectivity index (χ4n) is 2.98. The normalized spacial score (nSPS) is 18.1. The summed E-state index contributed by atoms with van der Waals surface area (Å²) in [6, 6.07) is 6.12. The number of halogens is 1. The predicted molar refractivity (Wildman–Crippen MR) is 82.8 cm³/mol. The molecule has 1 fully saturated rings. The summed E-state index contributed by atoms with van der Waals surface area (Å²) in [5, 5.41) is 4.20. The highest BCUT2D eigenvalue weighted by Crippen LogP contribution is 2.35. The van der Waals surface area contributed by atoms with Crippen LogP contribution < -0.4 is 5.32 Å². The van der Waals surface area contributed by atoms with Crippen LogP contribution in [0, 0.1) is 6.92 Å². The third-order valence-electron chi connectivity index (χ3n) is 4.33. The molecular formula is C16H20ClN3. The number of benzene rings is 1. The maximum Gasteiger partial charge on any atom is 0.0994 e. The molecule has 1 aromatic heterocycles. The Balaban J connectivity index is 2.08. The van der Waals surface area contributed by atoms with Crippen LogP contribution in [0.3, 0.4) is 0 Å². The Morgan fingerprint density at radius 1 is 1.30 bits per heavy atom. The quantitative estimate of drug-likeness (QED) is 0.917. The summed E-state index contributed by atoms with van der Waals surface area (Å²) < 4.78 is 2.15. The number of nitrogens with zero attached hydrogens (tertiary/aromatic N) is 2. The predicted octanol–water partition coefficient (Wildman–Crippen LogP) is 3.48. The fourth-order valence-corrected chi connectivity index (χ4v) is 3.18. The van der Waals surface area contributed by atoms with E-state index in [-0.39, 0.29) is 5.41 Å². The van der Waals surface area contributed by atoms with Crippen molar-refractivity contribution in [3.63, 3.8) is 0 Å². The zero-order valence-electron chi connectivity index (χ0n) is 12.0. The third-order valence-corrected chi connectivity index (χ3v) is 4.64. The molecule has 0 bridgehead atoms. The van der Waals surface area contributed by atoms with Gasteiger partial charge < -0.3 is 9.88 Å². The molecule has 0 amide bonds. The Morgan fingerprint density at radius 2 is 2.05 bits per heavy atom. The minimum absolute atomic E-state index is 0.162. The number of nitrogens with one attached hydrogen (secondary N) is 1. The van der Waals surface area contributed by atoms with Gasteiger partial charge in [0.2, 0.25) is 0 Å². The first-order valence-electron chi connectivity index (χ1n) is 7.10. The van der Waals surface area contributed by atoms with Crippen LogP contribution in [0.5, 0.6) is 0 Å². The first kappa shape index (κ1) is 13.7. The standard InChI is InChI=1S/C16H20ClN3/c1-12-3-4-13(17)14(9-12)20-11-19-10-15(20)16(2)5-7-18-8-6-16/h3-4,9-11,18H,5-8H2,1-2H3. The lowest BCUT2D eigenvalue weighted by atomic mass is 9.78. The van der Waals surface area contributed by atoms with Gasteiger partial charge in [0.25, 0.3) is 0 Å². The number of hydrogen-bond acceptors (Lipinski definition) is 2. The van der Waals surface area contributed by atoms with Gasteiger partial charge in [-0.05, 0) is 50.6 Å². The van der Waals surface area contributed by atoms with Crippen LogP contribution in [0.25, 0.3) is 5.69 Å². The molecule has 0 saturated carbocycles. The summed E-state index contributed by atoms with van der Waals surface area (Å²) in [5.41, 5.74) is 3.65. The number of imidazole rings is 1. The maximum absolute atomic E-state index is 6.38. The van der Waals surface area contributed by atoms with Crippen molar-refractivity contribution in [3.05, 3.63) is 47.0 Å². The lowest BCUT2D eigenvalue weighted by Crippen LogP contribution is -2.38. The molecule has 0 radical (unpaired) electrons. The van der Waals surface area contributed by atoms with Crippen molar-refractivity contribution in [2.45, 2.75) is 32.1 Å². The molecule has 106 valence electrons. The van der Waals surface area contributed by atoms with Gasteiger partial charge in [-0.3, -0.25) is 0 Å². The first-order chi connectivity index (χ1) is 9.60. The van der Waals surface area contributed by atoms with Gasteiger partial charge in [-0.2, -0.15) is 0 Å². The minimum atomic E-state index is 0.162. The smallest absolute Gasteiger partial charge is 0.0994 e. The van der Waals surface area contributed by atoms with E-state index < -0.39 is 0 Å². The van der Waals surface area contributed by atoms with E-state index in [0.717, 1.165) is 36.6 Å². The highest BCUT2D eigenvalue weighted by Gasteiger charge is 2.32. The number of piperidine rings is 1. The van der Waals surface area contributed by atoms with E-state index in [9.17, 15) is 0 Å². The van der Waals surface area contributed by atoms with E-state index in [1.54, 1.807) is 0 Å². The van der Waals surface area contributed by atoms with Gasteiger partial charge in [0.05, 0.1) is 17.0 Å². The van der Waals surface area contributed by atoms with Gasteiger partial charge >= 0.3 is 0 Å². The lowest BCUT2D eigenvalue weighted by molar-refractivity contribution is 0.324. The number of hydrogen-bond donors (Lipinski definition) is 1. The van der Waals surface area contributed by atoms with Crippen molar-refractivity contribution < 1.29 is 0 Å². The number of rotatable bonds is 2. The average Bonchev–Trinajstić information content (AvgIpc) is 2.92. The lowest BCUT2D eigenvalue weighted by Gasteiger charge is -2.34. The van der Waals surface area contributed by atoms with Crippen LogP contribution in [0.15, 0.2) is 30.7 Å². The van der Waals surface area contributed by atoms with Crippen molar-refractivity contribution in [1.82, 2.24) is 14.9 Å². The largest absolute Gasteiger partial charge is 0.317 e. The van der Waals surface area contributed by atoms with Crippen molar-refractivity contribution in [2.24, 2.45) is 0 Å². The molecule has 2 heterocycles. The molecule has 0 atom stereocenters. The molecular weight excluding hydrogens is 270 g/mol. The first-order valence-corrected chi connectivity index (χ1v) is 7.48. The van der Waals surface area contributed by atoms with Crippen LogP contribution in [-0.4, -0.2) is 22.6 Å². The molecule has 1 aromatic carbocycles. The van der Waals surface area contributed by atoms with Gasteiger partial charge in [0.1, 0.15) is 0 Å². The number of aromatic nitrogens is 2. The Hall–Kier alpha value is -1.32. The Bertz CT molecular complexity index is 612. The SMILES string of the molecule is Cc1ccc(Cl)c(-n2cncc2C2(C)CCNCC2)c1. The summed E-state index contributed by atoms with van der Waals surface area (Å²) >= 11 is 6.38. The van der Waals surface area contributed by atoms with Crippen LogP contribution in [0.1, 0.15) is 31.0 Å². The molecule has 1 aliphatic heterocycles. The molecule has 3 rings (SSSR count). The molecule has 1 saturated heterocycles. The van der Waals surface area contributed by atoms with Crippen molar-refractivity contribution in [3.8, 4) is 5.69 Å². The molecule has 0 unspecified atom stereocenters. The summed E-state index contributed by atoms with van der Waals surface area (Å²) in [6.07, 6.45) is 6.12. The van der Waals surface area contributed by atoms with Crippen molar-refractivity contribution >= 4 is 11.6 Å². The van der Waals surface area contributed by atoms with Gasteiger partial charge in [0, 0.05) is 17.3 Å². The van der Waals surface area contributed by atoms with Crippen molar-refractivity contribution in [2.75, 3.05) is 13.1 Å². The Morgan fingerprint density at radius 3 is 2.80 bits per heavy atom. The summed E-state index contributed by atoms with van der Waals surface area (Å²) in [6.45, 7) is 6.53. The molecule has 0 spiro atoms. The van der Waals surface area contributed by atoms with E-state index in [1.165, 1.54) is 11.3 Å². The van der Waals surface area contributed by atoms with E-state index in [4.69, 9.17) is 11.6 Å². The van der Waals surface area contributed by atoms with Crippen LogP contribution >= 0.6 is 11.6 Å². The summed E-state index contributed by atoms with van der Waals surface area (Å²) in [7, 11) is 0. The van der Waals surface area contributed by atoms with Crippen LogP contribution in [0.2, 0.25) is 5.02 Å². The fraction of sp³-hybridized carbons (Fsp3) is 0.438. The molecule has 3 nitrogen and oxygen atoms in total. The van der Waals surface area contributed by atoms with E-state index in [1.807, 2.05) is 24.7 Å². The van der Waals surface area contributed by atoms with E-state index in [0.29, 0.717) is 0 Å². The molecule has 2 aromatic rings. The Labute approximate surface area is 125 Å². The molecule has 1 N–H and O–H groups in total.